The van der Waals surface area contributed by atoms with Crippen LogP contribution < -0.4 is 5.32 Å². The standard InChI is InChI=1S/C12H14N2O5S/c15-10(16)5-8(11(17)18)13-12(19)14-3-1-9-7(6-14)2-4-20-9/h2,4,8H,1,3,5-6H2,(H,13,19)(H,15,16)(H,17,18)/t8-/m0/s1. The summed E-state index contributed by atoms with van der Waals surface area (Å²) in [6, 6.07) is -0.0230. The topological polar surface area (TPSA) is 107 Å². The van der Waals surface area contributed by atoms with Crippen LogP contribution >= 0.6 is 11.3 Å². The van der Waals surface area contributed by atoms with E-state index in [2.05, 4.69) is 5.32 Å². The molecule has 0 aromatic carbocycles. The van der Waals surface area contributed by atoms with Crippen LogP contribution in [0.25, 0.3) is 0 Å². The molecule has 1 aromatic rings. The van der Waals surface area contributed by atoms with Crippen LogP contribution in [0.15, 0.2) is 11.4 Å². The Morgan fingerprint density at radius 2 is 2.15 bits per heavy atom. The van der Waals surface area contributed by atoms with Crippen LogP contribution in [0.2, 0.25) is 0 Å². The third-order valence-corrected chi connectivity index (χ3v) is 4.09. The second-order valence-corrected chi connectivity index (χ2v) is 5.48. The minimum Gasteiger partial charge on any atom is -0.481 e. The first-order valence-electron chi connectivity index (χ1n) is 6.02. The number of carboxylic acids is 2. The number of urea groups is 1. The largest absolute Gasteiger partial charge is 0.481 e. The van der Waals surface area contributed by atoms with E-state index in [9.17, 15) is 14.4 Å². The quantitative estimate of drug-likeness (QED) is 0.760. The summed E-state index contributed by atoms with van der Waals surface area (Å²) in [6.45, 7) is 0.919. The van der Waals surface area contributed by atoms with Crippen LogP contribution in [-0.4, -0.2) is 45.7 Å². The SMILES string of the molecule is O=C(O)C[C@H](NC(=O)N1CCc2sccc2C1)C(=O)O. The van der Waals surface area contributed by atoms with Crippen molar-refractivity contribution in [2.24, 2.45) is 0 Å². The van der Waals surface area contributed by atoms with Crippen LogP contribution in [0.1, 0.15) is 16.9 Å². The fraction of sp³-hybridized carbons (Fsp3) is 0.417. The summed E-state index contributed by atoms with van der Waals surface area (Å²) in [6.07, 6.45) is 0.0930. The lowest BCUT2D eigenvalue weighted by atomic mass is 10.1. The number of nitrogens with zero attached hydrogens (tertiary/aromatic N) is 1. The molecular weight excluding hydrogens is 284 g/mol. The Kier molecular flexibility index (Phi) is 4.23. The summed E-state index contributed by atoms with van der Waals surface area (Å²) in [5.41, 5.74) is 1.06. The van der Waals surface area contributed by atoms with E-state index in [4.69, 9.17) is 10.2 Å². The van der Waals surface area contributed by atoms with Gasteiger partial charge in [0, 0.05) is 18.0 Å². The molecule has 1 aromatic heterocycles. The minimum absolute atomic E-state index is 0.421. The van der Waals surface area contributed by atoms with Gasteiger partial charge in [0.05, 0.1) is 6.42 Å². The van der Waals surface area contributed by atoms with E-state index >= 15 is 0 Å². The number of amides is 2. The Hall–Kier alpha value is -2.09. The number of fused-ring (bicyclic) bond motifs is 1. The molecule has 8 heteroatoms. The van der Waals surface area contributed by atoms with Gasteiger partial charge in [-0.1, -0.05) is 0 Å². The summed E-state index contributed by atoms with van der Waals surface area (Å²) < 4.78 is 0. The molecule has 108 valence electrons. The second kappa shape index (κ2) is 5.91. The van der Waals surface area contributed by atoms with Gasteiger partial charge in [0.25, 0.3) is 0 Å². The molecule has 0 unspecified atom stereocenters. The molecule has 7 nitrogen and oxygen atoms in total. The lowest BCUT2D eigenvalue weighted by Crippen LogP contribution is -2.49. The van der Waals surface area contributed by atoms with Gasteiger partial charge in [-0.3, -0.25) is 4.79 Å². The highest BCUT2D eigenvalue weighted by molar-refractivity contribution is 7.10. The molecule has 1 atom stereocenters. The van der Waals surface area contributed by atoms with Crippen LogP contribution in [0, 0.1) is 0 Å². The Morgan fingerprint density at radius 1 is 1.40 bits per heavy atom. The average Bonchev–Trinajstić information content (AvgIpc) is 2.84. The van der Waals surface area contributed by atoms with Gasteiger partial charge >= 0.3 is 18.0 Å². The molecule has 2 amide bonds. The highest BCUT2D eigenvalue weighted by atomic mass is 32.1. The number of nitrogens with one attached hydrogen (secondary N) is 1. The van der Waals surface area contributed by atoms with E-state index in [1.807, 2.05) is 11.4 Å². The monoisotopic (exact) mass is 298 g/mol. The van der Waals surface area contributed by atoms with Crippen LogP contribution in [-0.2, 0) is 22.6 Å². The van der Waals surface area contributed by atoms with E-state index in [1.54, 1.807) is 11.3 Å². The zero-order chi connectivity index (χ0) is 14.7. The van der Waals surface area contributed by atoms with Gasteiger partial charge in [-0.05, 0) is 23.4 Å². The van der Waals surface area contributed by atoms with Crippen LogP contribution in [0.3, 0.4) is 0 Å². The predicted octanol–water partition coefficient (Wildman–Crippen LogP) is 0.744. The van der Waals surface area contributed by atoms with Crippen molar-refractivity contribution in [3.8, 4) is 0 Å². The second-order valence-electron chi connectivity index (χ2n) is 4.48. The van der Waals surface area contributed by atoms with Crippen molar-refractivity contribution in [3.05, 3.63) is 21.9 Å². The molecule has 0 fully saturated rings. The van der Waals surface area contributed by atoms with Crippen molar-refractivity contribution < 1.29 is 24.6 Å². The predicted molar refractivity (Wildman–Crippen MR) is 70.6 cm³/mol. The normalized spacial score (nSPS) is 15.3. The number of carboxylic acid groups (broad SMARTS) is 2. The van der Waals surface area contributed by atoms with E-state index in [-0.39, 0.29) is 0 Å². The molecule has 0 aliphatic carbocycles. The lowest BCUT2D eigenvalue weighted by molar-refractivity contribution is -0.145. The third-order valence-electron chi connectivity index (χ3n) is 3.07. The van der Waals surface area contributed by atoms with Crippen molar-refractivity contribution in [2.45, 2.75) is 25.4 Å². The van der Waals surface area contributed by atoms with Crippen molar-refractivity contribution in [1.29, 1.82) is 0 Å². The molecule has 20 heavy (non-hydrogen) atoms. The Bertz CT molecular complexity index is 542. The molecule has 0 saturated heterocycles. The first-order chi connectivity index (χ1) is 9.47. The Morgan fingerprint density at radius 3 is 2.80 bits per heavy atom. The van der Waals surface area contributed by atoms with E-state index in [0.717, 1.165) is 12.0 Å². The molecule has 0 spiro atoms. The fourth-order valence-electron chi connectivity index (χ4n) is 2.04. The molecule has 1 aliphatic heterocycles. The number of aliphatic carboxylic acids is 2. The van der Waals surface area contributed by atoms with E-state index in [1.165, 1.54) is 9.78 Å². The zero-order valence-electron chi connectivity index (χ0n) is 10.5. The molecule has 3 N–H and O–H groups in total. The van der Waals surface area contributed by atoms with Gasteiger partial charge in [0.2, 0.25) is 0 Å². The molecule has 1 aliphatic rings. The number of carbonyl (C=O) groups is 3. The number of hydrogen-bond donors (Lipinski definition) is 3. The smallest absolute Gasteiger partial charge is 0.326 e. The summed E-state index contributed by atoms with van der Waals surface area (Å²) in [7, 11) is 0. The minimum atomic E-state index is -1.41. The highest BCUT2D eigenvalue weighted by Gasteiger charge is 2.27. The van der Waals surface area contributed by atoms with Crippen molar-refractivity contribution in [3.63, 3.8) is 0 Å². The number of rotatable bonds is 4. The third kappa shape index (κ3) is 3.27. The van der Waals surface area contributed by atoms with Crippen molar-refractivity contribution in [1.82, 2.24) is 10.2 Å². The first-order valence-corrected chi connectivity index (χ1v) is 6.90. The molecular formula is C12H14N2O5S. The van der Waals surface area contributed by atoms with Gasteiger partial charge in [-0.25, -0.2) is 9.59 Å². The molecule has 2 rings (SSSR count). The summed E-state index contributed by atoms with van der Waals surface area (Å²) in [5.74, 6) is -2.62. The number of hydrogen-bond acceptors (Lipinski definition) is 4. The highest BCUT2D eigenvalue weighted by Crippen LogP contribution is 2.23. The maximum Gasteiger partial charge on any atom is 0.326 e. The van der Waals surface area contributed by atoms with Gasteiger partial charge in [-0.15, -0.1) is 11.3 Å². The van der Waals surface area contributed by atoms with Gasteiger partial charge < -0.3 is 20.4 Å². The van der Waals surface area contributed by atoms with E-state index in [0.29, 0.717) is 13.1 Å². The van der Waals surface area contributed by atoms with Crippen molar-refractivity contribution in [2.75, 3.05) is 6.54 Å². The van der Waals surface area contributed by atoms with Crippen LogP contribution in [0.5, 0.6) is 0 Å². The van der Waals surface area contributed by atoms with Gasteiger partial charge in [-0.2, -0.15) is 0 Å². The number of carbonyl (C=O) groups excluding carboxylic acids is 1. The molecule has 0 saturated carbocycles. The first kappa shape index (κ1) is 14.3. The Balaban J connectivity index is 1.98. The van der Waals surface area contributed by atoms with Gasteiger partial charge in [0.15, 0.2) is 0 Å². The van der Waals surface area contributed by atoms with Crippen molar-refractivity contribution >= 4 is 29.3 Å². The summed E-state index contributed by atoms with van der Waals surface area (Å²) in [5, 5.41) is 21.7. The fourth-order valence-corrected chi connectivity index (χ4v) is 2.93. The maximum atomic E-state index is 12.0. The average molecular weight is 298 g/mol. The summed E-state index contributed by atoms with van der Waals surface area (Å²) >= 11 is 1.64. The molecule has 0 radical (unpaired) electrons. The lowest BCUT2D eigenvalue weighted by Gasteiger charge is -2.28. The maximum absolute atomic E-state index is 12.0. The van der Waals surface area contributed by atoms with Gasteiger partial charge in [0.1, 0.15) is 6.04 Å². The molecule has 0 bridgehead atoms. The number of thiophene rings is 1. The summed E-state index contributed by atoms with van der Waals surface area (Å²) in [4.78, 5) is 36.2. The Labute approximate surface area is 118 Å². The van der Waals surface area contributed by atoms with E-state index < -0.39 is 30.4 Å². The molecule has 2 heterocycles. The zero-order valence-corrected chi connectivity index (χ0v) is 11.4. The van der Waals surface area contributed by atoms with Crippen LogP contribution in [0.4, 0.5) is 4.79 Å².